The minimum atomic E-state index is -0.534. The van der Waals surface area contributed by atoms with Gasteiger partial charge in [0.1, 0.15) is 0 Å². The minimum absolute atomic E-state index is 0.141. The summed E-state index contributed by atoms with van der Waals surface area (Å²) in [6.07, 6.45) is 2.33. The molecule has 1 unspecified atom stereocenters. The Hall–Kier alpha value is -0.200. The van der Waals surface area contributed by atoms with E-state index in [0.717, 1.165) is 19.4 Å². The Morgan fingerprint density at radius 2 is 1.84 bits per heavy atom. The summed E-state index contributed by atoms with van der Waals surface area (Å²) in [4.78, 5) is 0. The Balaban J connectivity index is 3.41. The molecule has 0 aliphatic rings. The molecule has 0 fully saturated rings. The third-order valence-electron chi connectivity index (χ3n) is 2.88. The molecule has 5 heteroatoms. The fraction of sp³-hybridized carbons (Fsp3) is 1.00. The molecule has 0 amide bonds. The van der Waals surface area contributed by atoms with Crippen molar-refractivity contribution in [2.75, 3.05) is 39.6 Å². The predicted octanol–water partition coefficient (Wildman–Crippen LogP) is 0.931. The number of ether oxygens (including phenoxy) is 2. The highest BCUT2D eigenvalue weighted by Crippen LogP contribution is 2.06. The van der Waals surface area contributed by atoms with E-state index in [2.05, 4.69) is 12.2 Å². The number of unbranched alkanes of at least 4 members (excludes halogenated alkanes) is 1. The quantitative estimate of drug-likeness (QED) is 0.437. The van der Waals surface area contributed by atoms with Gasteiger partial charge in [-0.3, -0.25) is 0 Å². The molecule has 0 heterocycles. The van der Waals surface area contributed by atoms with Crippen molar-refractivity contribution in [2.45, 2.75) is 51.7 Å². The highest BCUT2D eigenvalue weighted by molar-refractivity contribution is 4.78. The van der Waals surface area contributed by atoms with Crippen LogP contribution in [0.1, 0.15) is 40.0 Å². The van der Waals surface area contributed by atoms with E-state index < -0.39 is 6.10 Å². The van der Waals surface area contributed by atoms with Crippen molar-refractivity contribution >= 4 is 0 Å². The molecule has 3 N–H and O–H groups in total. The van der Waals surface area contributed by atoms with E-state index in [1.54, 1.807) is 0 Å². The fourth-order valence-electron chi connectivity index (χ4n) is 1.51. The van der Waals surface area contributed by atoms with Crippen LogP contribution in [0.15, 0.2) is 0 Å². The molecule has 116 valence electrons. The zero-order valence-corrected chi connectivity index (χ0v) is 12.7. The first kappa shape index (κ1) is 18.8. The van der Waals surface area contributed by atoms with Gasteiger partial charge in [0.05, 0.1) is 25.9 Å². The maximum atomic E-state index is 9.73. The Morgan fingerprint density at radius 1 is 1.16 bits per heavy atom. The number of hydrogen-bond donors (Lipinski definition) is 3. The number of β-amino-alcohol motifs (C(OH)–C–C–N with tert-alkyl or cyclic N) is 1. The summed E-state index contributed by atoms with van der Waals surface area (Å²) in [5, 5.41) is 21.8. The van der Waals surface area contributed by atoms with Crippen molar-refractivity contribution in [3.8, 4) is 0 Å². The van der Waals surface area contributed by atoms with E-state index >= 15 is 0 Å². The van der Waals surface area contributed by atoms with Crippen LogP contribution >= 0.6 is 0 Å². The lowest BCUT2D eigenvalue weighted by molar-refractivity contribution is 0.00173. The normalized spacial score (nSPS) is 13.7. The van der Waals surface area contributed by atoms with Crippen molar-refractivity contribution in [1.82, 2.24) is 5.32 Å². The first-order valence-electron chi connectivity index (χ1n) is 7.21. The fourth-order valence-corrected chi connectivity index (χ4v) is 1.51. The van der Waals surface area contributed by atoms with Gasteiger partial charge >= 0.3 is 0 Å². The summed E-state index contributed by atoms with van der Waals surface area (Å²) in [6, 6.07) is 0. The molecule has 0 bridgehead atoms. The van der Waals surface area contributed by atoms with Gasteiger partial charge in [-0.15, -0.1) is 0 Å². The summed E-state index contributed by atoms with van der Waals surface area (Å²) in [6.45, 7) is 8.90. The lowest BCUT2D eigenvalue weighted by Gasteiger charge is -2.27. The Bertz CT molecular complexity index is 200. The van der Waals surface area contributed by atoms with Crippen molar-refractivity contribution in [1.29, 1.82) is 0 Å². The minimum Gasteiger partial charge on any atom is -0.396 e. The van der Waals surface area contributed by atoms with E-state index in [1.165, 1.54) is 0 Å². The number of hydrogen-bond acceptors (Lipinski definition) is 5. The van der Waals surface area contributed by atoms with Crippen LogP contribution < -0.4 is 5.32 Å². The van der Waals surface area contributed by atoms with Gasteiger partial charge in [-0.25, -0.2) is 0 Å². The van der Waals surface area contributed by atoms with E-state index in [0.29, 0.717) is 32.8 Å². The predicted molar refractivity (Wildman–Crippen MR) is 76.3 cm³/mol. The molecule has 0 radical (unpaired) electrons. The molecule has 19 heavy (non-hydrogen) atoms. The molecule has 0 spiro atoms. The van der Waals surface area contributed by atoms with Crippen LogP contribution in [-0.4, -0.2) is 61.4 Å². The number of nitrogens with one attached hydrogen (secondary N) is 1. The molecule has 0 aromatic carbocycles. The number of rotatable bonds is 13. The Morgan fingerprint density at radius 3 is 2.47 bits per heavy atom. The monoisotopic (exact) mass is 277 g/mol. The second kappa shape index (κ2) is 11.6. The van der Waals surface area contributed by atoms with Crippen LogP contribution in [0.3, 0.4) is 0 Å². The van der Waals surface area contributed by atoms with Crippen LogP contribution in [0.25, 0.3) is 0 Å². The average molecular weight is 277 g/mol. The molecule has 0 aromatic rings. The zero-order chi connectivity index (χ0) is 14.6. The van der Waals surface area contributed by atoms with Crippen LogP contribution in [0.2, 0.25) is 0 Å². The third-order valence-corrected chi connectivity index (χ3v) is 2.88. The molecule has 0 rings (SSSR count). The largest absolute Gasteiger partial charge is 0.396 e. The van der Waals surface area contributed by atoms with Crippen molar-refractivity contribution in [2.24, 2.45) is 0 Å². The van der Waals surface area contributed by atoms with Gasteiger partial charge in [0, 0.05) is 25.3 Å². The zero-order valence-electron chi connectivity index (χ0n) is 12.7. The van der Waals surface area contributed by atoms with Crippen LogP contribution in [0.4, 0.5) is 0 Å². The number of aliphatic hydroxyl groups is 2. The highest BCUT2D eigenvalue weighted by atomic mass is 16.5. The highest BCUT2D eigenvalue weighted by Gasteiger charge is 2.17. The van der Waals surface area contributed by atoms with Crippen molar-refractivity contribution in [3.05, 3.63) is 0 Å². The standard InChI is InChI=1S/C14H31NO4/c1-4-5-8-18-9-10-19-12-13(17)11-15-14(2,3)6-7-16/h13,15-17H,4-12H2,1-3H3. The first-order valence-corrected chi connectivity index (χ1v) is 7.21. The molecule has 1 atom stereocenters. The van der Waals surface area contributed by atoms with Gasteiger partial charge in [-0.2, -0.15) is 0 Å². The smallest absolute Gasteiger partial charge is 0.0897 e. The maximum absolute atomic E-state index is 9.73. The first-order chi connectivity index (χ1) is 9.02. The van der Waals surface area contributed by atoms with Gasteiger partial charge in [0.2, 0.25) is 0 Å². The average Bonchev–Trinajstić information content (AvgIpc) is 2.35. The molecule has 0 aliphatic heterocycles. The van der Waals surface area contributed by atoms with Gasteiger partial charge in [-0.1, -0.05) is 13.3 Å². The topological polar surface area (TPSA) is 71.0 Å². The van der Waals surface area contributed by atoms with Crippen LogP contribution in [-0.2, 0) is 9.47 Å². The Kier molecular flexibility index (Phi) is 11.5. The van der Waals surface area contributed by atoms with E-state index in [1.807, 2.05) is 13.8 Å². The van der Waals surface area contributed by atoms with E-state index in [-0.39, 0.29) is 12.1 Å². The lowest BCUT2D eigenvalue weighted by Crippen LogP contribution is -2.45. The molecule has 0 saturated heterocycles. The molecule has 0 aromatic heterocycles. The van der Waals surface area contributed by atoms with Gasteiger partial charge < -0.3 is 25.0 Å². The molecular formula is C14H31NO4. The van der Waals surface area contributed by atoms with E-state index in [4.69, 9.17) is 14.6 Å². The molecule has 0 aliphatic carbocycles. The molecule has 5 nitrogen and oxygen atoms in total. The third kappa shape index (κ3) is 12.6. The maximum Gasteiger partial charge on any atom is 0.0897 e. The molecular weight excluding hydrogens is 246 g/mol. The van der Waals surface area contributed by atoms with Crippen molar-refractivity contribution < 1.29 is 19.7 Å². The summed E-state index contributed by atoms with van der Waals surface area (Å²) in [5.74, 6) is 0. The lowest BCUT2D eigenvalue weighted by atomic mass is 10.0. The van der Waals surface area contributed by atoms with Crippen LogP contribution in [0.5, 0.6) is 0 Å². The van der Waals surface area contributed by atoms with Gasteiger partial charge in [-0.05, 0) is 26.7 Å². The number of aliphatic hydroxyl groups excluding tert-OH is 2. The van der Waals surface area contributed by atoms with E-state index in [9.17, 15) is 5.11 Å². The second-order valence-corrected chi connectivity index (χ2v) is 5.43. The summed E-state index contributed by atoms with van der Waals surface area (Å²) < 4.78 is 10.7. The van der Waals surface area contributed by atoms with Crippen LogP contribution in [0, 0.1) is 0 Å². The summed E-state index contributed by atoms with van der Waals surface area (Å²) >= 11 is 0. The Labute approximate surface area is 117 Å². The van der Waals surface area contributed by atoms with Crippen molar-refractivity contribution in [3.63, 3.8) is 0 Å². The second-order valence-electron chi connectivity index (χ2n) is 5.43. The summed E-state index contributed by atoms with van der Waals surface area (Å²) in [7, 11) is 0. The SMILES string of the molecule is CCCCOCCOCC(O)CNC(C)(C)CCO. The van der Waals surface area contributed by atoms with Gasteiger partial charge in [0.15, 0.2) is 0 Å². The van der Waals surface area contributed by atoms with Gasteiger partial charge in [0.25, 0.3) is 0 Å². The molecule has 0 saturated carbocycles. The summed E-state index contributed by atoms with van der Waals surface area (Å²) in [5.41, 5.74) is -0.168.